The average molecular weight is 408 g/mol. The van der Waals surface area contributed by atoms with E-state index in [2.05, 4.69) is 17.2 Å². The molecule has 0 aliphatic heterocycles. The Balaban J connectivity index is 1.86. The fourth-order valence-electron chi connectivity index (χ4n) is 3.07. The van der Waals surface area contributed by atoms with E-state index in [1.54, 1.807) is 36.4 Å². The van der Waals surface area contributed by atoms with Crippen molar-refractivity contribution in [3.05, 3.63) is 70.3 Å². The number of para-hydroxylation sites is 2. The molecule has 0 radical (unpaired) electrons. The Hall–Kier alpha value is -3.68. The van der Waals surface area contributed by atoms with E-state index in [1.807, 2.05) is 12.1 Å². The van der Waals surface area contributed by atoms with Gasteiger partial charge >= 0.3 is 5.97 Å². The standard InChI is InChI=1S/C22H24N4O4/c1-2-3-12-24-17-10-6-5-9-16(17)22(29)30-14-20-25-18-11-7-4-8-15(18)21(28)26(20)13-19(23)27/h4-11,24H,2-3,12-14H2,1H3,(H2,23,27). The zero-order valence-electron chi connectivity index (χ0n) is 16.8. The Bertz CT molecular complexity index is 1120. The number of anilines is 1. The van der Waals surface area contributed by atoms with Crippen LogP contribution in [-0.4, -0.2) is 28.0 Å². The summed E-state index contributed by atoms with van der Waals surface area (Å²) < 4.78 is 6.58. The Kier molecular flexibility index (Phi) is 6.79. The number of ether oxygens (including phenoxy) is 1. The molecule has 0 aliphatic rings. The molecule has 3 N–H and O–H groups in total. The van der Waals surface area contributed by atoms with Crippen molar-refractivity contribution in [2.45, 2.75) is 32.9 Å². The maximum absolute atomic E-state index is 12.8. The molecule has 0 aliphatic carbocycles. The van der Waals surface area contributed by atoms with Crippen molar-refractivity contribution in [2.75, 3.05) is 11.9 Å². The van der Waals surface area contributed by atoms with Gasteiger partial charge < -0.3 is 15.8 Å². The molecule has 0 saturated heterocycles. The van der Waals surface area contributed by atoms with Crippen LogP contribution in [0.4, 0.5) is 5.69 Å². The highest BCUT2D eigenvalue weighted by Gasteiger charge is 2.17. The van der Waals surface area contributed by atoms with Crippen molar-refractivity contribution in [3.8, 4) is 0 Å². The van der Waals surface area contributed by atoms with Gasteiger partial charge in [-0.25, -0.2) is 9.78 Å². The van der Waals surface area contributed by atoms with Crippen LogP contribution in [0.5, 0.6) is 0 Å². The fourth-order valence-corrected chi connectivity index (χ4v) is 3.07. The SMILES string of the molecule is CCCCNc1ccccc1C(=O)OCc1nc2ccccc2c(=O)n1CC(N)=O. The van der Waals surface area contributed by atoms with Crippen molar-refractivity contribution in [3.63, 3.8) is 0 Å². The second kappa shape index (κ2) is 9.69. The third-order valence-electron chi connectivity index (χ3n) is 4.58. The van der Waals surface area contributed by atoms with E-state index in [0.29, 0.717) is 22.2 Å². The molecule has 0 atom stereocenters. The van der Waals surface area contributed by atoms with Crippen LogP contribution in [0.1, 0.15) is 35.9 Å². The highest BCUT2D eigenvalue weighted by atomic mass is 16.5. The van der Waals surface area contributed by atoms with Crippen LogP contribution >= 0.6 is 0 Å². The largest absolute Gasteiger partial charge is 0.454 e. The number of amides is 1. The number of esters is 1. The van der Waals surface area contributed by atoms with Gasteiger partial charge in [0, 0.05) is 12.2 Å². The van der Waals surface area contributed by atoms with E-state index in [1.165, 1.54) is 0 Å². The van der Waals surface area contributed by atoms with Crippen LogP contribution in [-0.2, 0) is 22.7 Å². The number of nitrogens with zero attached hydrogens (tertiary/aromatic N) is 2. The molecule has 3 aromatic rings. The third-order valence-corrected chi connectivity index (χ3v) is 4.58. The third kappa shape index (κ3) is 4.83. The van der Waals surface area contributed by atoms with E-state index in [0.717, 1.165) is 24.0 Å². The first kappa shape index (κ1) is 21.0. The summed E-state index contributed by atoms with van der Waals surface area (Å²) in [5, 5.41) is 3.59. The normalized spacial score (nSPS) is 10.7. The number of fused-ring (bicyclic) bond motifs is 1. The Morgan fingerprint density at radius 3 is 2.63 bits per heavy atom. The number of hydrogen-bond acceptors (Lipinski definition) is 6. The lowest BCUT2D eigenvalue weighted by Crippen LogP contribution is -2.32. The molecule has 156 valence electrons. The number of rotatable bonds is 9. The van der Waals surface area contributed by atoms with Crippen LogP contribution in [0.15, 0.2) is 53.3 Å². The smallest absolute Gasteiger partial charge is 0.340 e. The van der Waals surface area contributed by atoms with Crippen LogP contribution in [0.3, 0.4) is 0 Å². The van der Waals surface area contributed by atoms with Gasteiger partial charge in [0.2, 0.25) is 5.91 Å². The first-order chi connectivity index (χ1) is 14.5. The zero-order valence-corrected chi connectivity index (χ0v) is 16.8. The lowest BCUT2D eigenvalue weighted by atomic mass is 10.1. The van der Waals surface area contributed by atoms with Crippen molar-refractivity contribution in [1.29, 1.82) is 0 Å². The lowest BCUT2D eigenvalue weighted by Gasteiger charge is -2.14. The first-order valence-corrected chi connectivity index (χ1v) is 9.78. The molecule has 2 aromatic carbocycles. The summed E-state index contributed by atoms with van der Waals surface area (Å²) in [6, 6.07) is 13.8. The molecule has 30 heavy (non-hydrogen) atoms. The molecule has 8 nitrogen and oxygen atoms in total. The van der Waals surface area contributed by atoms with E-state index < -0.39 is 17.4 Å². The predicted octanol–water partition coefficient (Wildman–Crippen LogP) is 2.45. The molecule has 8 heteroatoms. The monoisotopic (exact) mass is 408 g/mol. The molecule has 0 unspecified atom stereocenters. The fraction of sp³-hybridized carbons (Fsp3) is 0.273. The number of primary amides is 1. The minimum Gasteiger partial charge on any atom is -0.454 e. The molecule has 1 amide bonds. The quantitative estimate of drug-likeness (QED) is 0.415. The van der Waals surface area contributed by atoms with Gasteiger partial charge in [-0.15, -0.1) is 0 Å². The Morgan fingerprint density at radius 1 is 1.13 bits per heavy atom. The number of carbonyl (C=O) groups excluding carboxylic acids is 2. The van der Waals surface area contributed by atoms with Gasteiger partial charge in [-0.05, 0) is 30.7 Å². The summed E-state index contributed by atoms with van der Waals surface area (Å²) in [5.41, 5.74) is 6.40. The maximum atomic E-state index is 12.8. The van der Waals surface area contributed by atoms with Gasteiger partial charge in [-0.2, -0.15) is 0 Å². The van der Waals surface area contributed by atoms with E-state index in [9.17, 15) is 14.4 Å². The number of aromatic nitrogens is 2. The summed E-state index contributed by atoms with van der Waals surface area (Å²) >= 11 is 0. The molecule has 3 rings (SSSR count). The van der Waals surface area contributed by atoms with Crippen LogP contribution in [0.2, 0.25) is 0 Å². The Labute approximate surface area is 173 Å². The number of nitrogens with one attached hydrogen (secondary N) is 1. The zero-order chi connectivity index (χ0) is 21.5. The molecule has 0 spiro atoms. The molecular formula is C22H24N4O4. The van der Waals surface area contributed by atoms with Crippen LogP contribution in [0.25, 0.3) is 10.9 Å². The van der Waals surface area contributed by atoms with E-state index in [4.69, 9.17) is 10.5 Å². The van der Waals surface area contributed by atoms with Gasteiger partial charge in [0.15, 0.2) is 5.82 Å². The van der Waals surface area contributed by atoms with Gasteiger partial charge in [0.05, 0.1) is 16.5 Å². The minimum atomic E-state index is -0.688. The molecular weight excluding hydrogens is 384 g/mol. The predicted molar refractivity (Wildman–Crippen MR) is 114 cm³/mol. The van der Waals surface area contributed by atoms with E-state index in [-0.39, 0.29) is 19.0 Å². The van der Waals surface area contributed by atoms with Gasteiger partial charge in [-0.3, -0.25) is 14.2 Å². The summed E-state index contributed by atoms with van der Waals surface area (Å²) in [6.07, 6.45) is 2.01. The number of nitrogens with two attached hydrogens (primary N) is 1. The second-order valence-corrected chi connectivity index (χ2v) is 6.80. The van der Waals surface area contributed by atoms with Gasteiger partial charge in [0.1, 0.15) is 13.2 Å². The summed E-state index contributed by atoms with van der Waals surface area (Å²) in [5.74, 6) is -1.09. The minimum absolute atomic E-state index is 0.155. The summed E-state index contributed by atoms with van der Waals surface area (Å²) in [6.45, 7) is 2.21. The first-order valence-electron chi connectivity index (χ1n) is 9.78. The number of unbranched alkanes of at least 4 members (excludes halogenated alkanes) is 1. The van der Waals surface area contributed by atoms with E-state index >= 15 is 0 Å². The maximum Gasteiger partial charge on any atom is 0.340 e. The van der Waals surface area contributed by atoms with Crippen molar-refractivity contribution in [1.82, 2.24) is 9.55 Å². The molecule has 1 aromatic heterocycles. The van der Waals surface area contributed by atoms with Crippen molar-refractivity contribution >= 4 is 28.5 Å². The molecule has 0 saturated carbocycles. The Morgan fingerprint density at radius 2 is 1.87 bits per heavy atom. The highest BCUT2D eigenvalue weighted by molar-refractivity contribution is 5.95. The summed E-state index contributed by atoms with van der Waals surface area (Å²) in [7, 11) is 0. The lowest BCUT2D eigenvalue weighted by molar-refractivity contribution is -0.118. The number of carbonyl (C=O) groups is 2. The average Bonchev–Trinajstić information content (AvgIpc) is 2.74. The molecule has 0 fully saturated rings. The number of benzene rings is 2. The molecule has 1 heterocycles. The van der Waals surface area contributed by atoms with Gasteiger partial charge in [-0.1, -0.05) is 37.6 Å². The molecule has 0 bridgehead atoms. The second-order valence-electron chi connectivity index (χ2n) is 6.80. The highest BCUT2D eigenvalue weighted by Crippen LogP contribution is 2.17. The van der Waals surface area contributed by atoms with Crippen molar-refractivity contribution in [2.24, 2.45) is 5.73 Å². The number of hydrogen-bond donors (Lipinski definition) is 2. The van der Waals surface area contributed by atoms with Crippen LogP contribution in [0, 0.1) is 0 Å². The summed E-state index contributed by atoms with van der Waals surface area (Å²) in [4.78, 5) is 41.3. The van der Waals surface area contributed by atoms with Crippen molar-refractivity contribution < 1.29 is 14.3 Å². The van der Waals surface area contributed by atoms with Crippen LogP contribution < -0.4 is 16.6 Å². The van der Waals surface area contributed by atoms with Gasteiger partial charge in [0.25, 0.3) is 5.56 Å². The topological polar surface area (TPSA) is 116 Å².